The molecule has 6 nitrogen and oxygen atoms in total. The van der Waals surface area contributed by atoms with Crippen LogP contribution in [0.15, 0.2) is 11.1 Å². The molecule has 0 saturated carbocycles. The zero-order valence-electron chi connectivity index (χ0n) is 12.2. The average molecular weight is 272 g/mol. The minimum Gasteiger partial charge on any atom is -0.266 e. The number of carbonyl (C=O) groups is 2. The zero-order valence-corrected chi connectivity index (χ0v) is 12.2. The largest absolute Gasteiger partial charge is 0.373 e. The molecule has 0 N–H and O–H groups in total. The van der Waals surface area contributed by atoms with Gasteiger partial charge in [0.2, 0.25) is 0 Å². The lowest BCUT2D eigenvalue weighted by Crippen LogP contribution is -2.29. The van der Waals surface area contributed by atoms with Crippen LogP contribution in [-0.4, -0.2) is 11.9 Å². The third-order valence-corrected chi connectivity index (χ3v) is 2.63. The van der Waals surface area contributed by atoms with Crippen LogP contribution in [0.4, 0.5) is 0 Å². The van der Waals surface area contributed by atoms with Crippen LogP contribution >= 0.6 is 0 Å². The maximum absolute atomic E-state index is 12.0. The highest BCUT2D eigenvalue weighted by Gasteiger charge is 2.36. The Morgan fingerprint density at radius 2 is 1.37 bits per heavy atom. The summed E-state index contributed by atoms with van der Waals surface area (Å²) in [7, 11) is 0. The van der Waals surface area contributed by atoms with Crippen molar-refractivity contribution in [3.8, 4) is 0 Å². The molecule has 0 amide bonds. The predicted octanol–water partition coefficient (Wildman–Crippen LogP) is 2.64. The van der Waals surface area contributed by atoms with Gasteiger partial charge in [0.15, 0.2) is 0 Å². The maximum Gasteiger partial charge on any atom is 0.373 e. The lowest BCUT2D eigenvalue weighted by Gasteiger charge is -2.36. The molecule has 0 bridgehead atoms. The number of rotatable bonds is 0. The van der Waals surface area contributed by atoms with Crippen molar-refractivity contribution in [2.75, 3.05) is 0 Å². The average Bonchev–Trinajstić information content (AvgIpc) is 2.17. The molecule has 1 saturated heterocycles. The van der Waals surface area contributed by atoms with Crippen LogP contribution < -0.4 is 0 Å². The molecule has 0 radical (unpaired) electrons. The number of allylic oxidation sites excluding steroid dienone is 1. The van der Waals surface area contributed by atoms with Crippen molar-refractivity contribution in [3.05, 3.63) is 11.1 Å². The predicted molar refractivity (Wildman–Crippen MR) is 64.9 cm³/mol. The zero-order chi connectivity index (χ0) is 14.8. The number of carbonyl (C=O) groups excluding carboxylic acids is 2. The van der Waals surface area contributed by atoms with Gasteiger partial charge in [0, 0.05) is 10.1 Å². The van der Waals surface area contributed by atoms with Gasteiger partial charge in [-0.05, 0) is 16.4 Å². The van der Waals surface area contributed by atoms with Crippen molar-refractivity contribution in [3.63, 3.8) is 0 Å². The van der Waals surface area contributed by atoms with Gasteiger partial charge in [-0.15, -0.1) is 0 Å². The Balaban J connectivity index is 3.38. The summed E-state index contributed by atoms with van der Waals surface area (Å²) in [4.78, 5) is 32.1. The van der Waals surface area contributed by atoms with Gasteiger partial charge in [-0.3, -0.25) is 9.78 Å². The topological polar surface area (TPSA) is 71.1 Å². The fourth-order valence-corrected chi connectivity index (χ4v) is 2.61. The van der Waals surface area contributed by atoms with E-state index in [0.29, 0.717) is 0 Å². The van der Waals surface area contributed by atoms with E-state index in [9.17, 15) is 9.59 Å². The molecule has 19 heavy (non-hydrogen) atoms. The summed E-state index contributed by atoms with van der Waals surface area (Å²) in [5, 5.41) is 7.98. The van der Waals surface area contributed by atoms with Crippen LogP contribution in [0.1, 0.15) is 48.0 Å². The standard InChI is InChI=1S/C13H20O6/c1-12(2,3)10(13(4,5)6)8-7-9(14)16-18-19-17-11(8)15/h7H2,1-6H3. The fourth-order valence-electron chi connectivity index (χ4n) is 2.61. The summed E-state index contributed by atoms with van der Waals surface area (Å²) in [6.07, 6.45) is -0.216. The van der Waals surface area contributed by atoms with E-state index in [2.05, 4.69) is 19.9 Å². The van der Waals surface area contributed by atoms with Crippen LogP contribution in [-0.2, 0) is 29.4 Å². The molecule has 0 aliphatic carbocycles. The molecule has 6 heteroatoms. The van der Waals surface area contributed by atoms with Crippen molar-refractivity contribution < 1.29 is 29.4 Å². The van der Waals surface area contributed by atoms with Gasteiger partial charge < -0.3 is 0 Å². The first-order valence-corrected chi connectivity index (χ1v) is 6.02. The monoisotopic (exact) mass is 272 g/mol. The van der Waals surface area contributed by atoms with Gasteiger partial charge >= 0.3 is 11.9 Å². The molecule has 1 heterocycles. The third kappa shape index (κ3) is 4.04. The fraction of sp³-hybridized carbons (Fsp3) is 0.692. The molecule has 0 atom stereocenters. The Morgan fingerprint density at radius 1 is 0.895 bits per heavy atom. The quantitative estimate of drug-likeness (QED) is 0.498. The molecule has 1 aliphatic heterocycles. The second-order valence-corrected chi connectivity index (χ2v) is 6.49. The molecular weight excluding hydrogens is 252 g/mol. The van der Waals surface area contributed by atoms with E-state index < -0.39 is 11.9 Å². The van der Waals surface area contributed by atoms with Crippen molar-refractivity contribution in [2.45, 2.75) is 48.0 Å². The van der Waals surface area contributed by atoms with Crippen molar-refractivity contribution >= 4 is 11.9 Å². The van der Waals surface area contributed by atoms with Gasteiger partial charge in [-0.25, -0.2) is 9.59 Å². The first-order valence-electron chi connectivity index (χ1n) is 6.02. The van der Waals surface area contributed by atoms with Crippen LogP contribution in [0.25, 0.3) is 0 Å². The summed E-state index contributed by atoms with van der Waals surface area (Å²) in [6, 6.07) is 0. The first-order chi connectivity index (χ1) is 8.53. The van der Waals surface area contributed by atoms with Crippen molar-refractivity contribution in [1.29, 1.82) is 0 Å². The van der Waals surface area contributed by atoms with E-state index in [1.54, 1.807) is 0 Å². The van der Waals surface area contributed by atoms with E-state index >= 15 is 0 Å². The van der Waals surface area contributed by atoms with Crippen LogP contribution in [0.2, 0.25) is 0 Å². The highest BCUT2D eigenvalue weighted by molar-refractivity contribution is 5.94. The van der Waals surface area contributed by atoms with Gasteiger partial charge in [0.1, 0.15) is 0 Å². The number of hydrogen-bond acceptors (Lipinski definition) is 6. The summed E-state index contributed by atoms with van der Waals surface area (Å²) in [5.74, 6) is -1.45. The lowest BCUT2D eigenvalue weighted by molar-refractivity contribution is -0.600. The highest BCUT2D eigenvalue weighted by atomic mass is 17.7. The van der Waals surface area contributed by atoms with Crippen molar-refractivity contribution in [2.24, 2.45) is 10.8 Å². The van der Waals surface area contributed by atoms with Crippen LogP contribution in [0.3, 0.4) is 0 Å². The highest BCUT2D eigenvalue weighted by Crippen LogP contribution is 2.42. The molecule has 1 rings (SSSR count). The second kappa shape index (κ2) is 5.30. The molecule has 0 aromatic heterocycles. The van der Waals surface area contributed by atoms with Gasteiger partial charge in [-0.2, -0.15) is 0 Å². The molecule has 108 valence electrons. The van der Waals surface area contributed by atoms with Gasteiger partial charge in [-0.1, -0.05) is 41.5 Å². The smallest absolute Gasteiger partial charge is 0.266 e. The Hall–Kier alpha value is -1.40. The first kappa shape index (κ1) is 15.7. The van der Waals surface area contributed by atoms with E-state index in [-0.39, 0.29) is 22.8 Å². The summed E-state index contributed by atoms with van der Waals surface area (Å²) in [5.41, 5.74) is 0.431. The minimum absolute atomic E-state index is 0.216. The summed E-state index contributed by atoms with van der Waals surface area (Å²) < 4.78 is 0. The van der Waals surface area contributed by atoms with Crippen LogP contribution in [0.5, 0.6) is 0 Å². The van der Waals surface area contributed by atoms with Crippen LogP contribution in [0, 0.1) is 10.8 Å². The minimum atomic E-state index is -0.739. The Kier molecular flexibility index (Phi) is 4.37. The summed E-state index contributed by atoms with van der Waals surface area (Å²) in [6.45, 7) is 11.8. The normalized spacial score (nSPS) is 18.3. The molecule has 1 fully saturated rings. The van der Waals surface area contributed by atoms with E-state index in [0.717, 1.165) is 5.57 Å². The molecule has 0 aromatic carbocycles. The molecule has 0 spiro atoms. The molecule has 0 unspecified atom stereocenters. The van der Waals surface area contributed by atoms with E-state index in [1.165, 1.54) is 0 Å². The Labute approximate surface area is 112 Å². The second-order valence-electron chi connectivity index (χ2n) is 6.49. The van der Waals surface area contributed by atoms with Gasteiger partial charge in [0.25, 0.3) is 0 Å². The Bertz CT molecular complexity index is 392. The number of hydrogen-bond donors (Lipinski definition) is 0. The van der Waals surface area contributed by atoms with E-state index in [1.807, 2.05) is 41.5 Å². The molecule has 1 aliphatic rings. The maximum atomic E-state index is 12.0. The Morgan fingerprint density at radius 3 is 1.84 bits per heavy atom. The van der Waals surface area contributed by atoms with Crippen molar-refractivity contribution in [1.82, 2.24) is 0 Å². The SMILES string of the molecule is CC(C)(C)C(=C1CC(=O)OOOOC1=O)C(C)(C)C. The van der Waals surface area contributed by atoms with E-state index in [4.69, 9.17) is 0 Å². The third-order valence-electron chi connectivity index (χ3n) is 2.63. The molecular formula is C13H20O6. The summed E-state index contributed by atoms with van der Waals surface area (Å²) >= 11 is 0. The van der Waals surface area contributed by atoms with Gasteiger partial charge in [0.05, 0.1) is 12.0 Å². The molecule has 0 aromatic rings. The lowest BCUT2D eigenvalue weighted by atomic mass is 9.69.